The van der Waals surface area contributed by atoms with Crippen molar-refractivity contribution in [3.8, 4) is 22.1 Å². The molecule has 0 spiro atoms. The summed E-state index contributed by atoms with van der Waals surface area (Å²) in [6, 6.07) is 8.58. The summed E-state index contributed by atoms with van der Waals surface area (Å²) < 4.78 is 50.5. The summed E-state index contributed by atoms with van der Waals surface area (Å²) in [6.45, 7) is 11.1. The summed E-state index contributed by atoms with van der Waals surface area (Å²) >= 11 is 2.58. The number of aliphatic carboxylic acids is 1. The van der Waals surface area contributed by atoms with E-state index < -0.39 is 22.5 Å². The number of aryl methyl sites for hydroxylation is 1. The number of hydrogen-bond acceptors (Lipinski definition) is 8. The zero-order chi connectivity index (χ0) is 35.9. The minimum Gasteiger partial charge on any atom is -0.493 e. The molecular weight excluding hydrogens is 678 g/mol. The number of carboxylic acid groups (broad SMARTS) is 1. The van der Waals surface area contributed by atoms with Gasteiger partial charge in [-0.3, -0.25) is 9.69 Å². The number of rotatable bonds is 14. The number of carboxylic acids is 1. The smallest absolute Gasteiger partial charge is 0.416 e. The lowest BCUT2D eigenvalue weighted by Gasteiger charge is -2.36. The molecule has 0 atom stereocenters. The van der Waals surface area contributed by atoms with Crippen molar-refractivity contribution < 1.29 is 37.3 Å². The Balaban J connectivity index is 1.53. The number of methoxy groups -OCH3 is 1. The Morgan fingerprint density at radius 3 is 2.33 bits per heavy atom. The van der Waals surface area contributed by atoms with Gasteiger partial charge in [-0.25, -0.2) is 9.78 Å². The van der Waals surface area contributed by atoms with Crippen LogP contribution in [0.25, 0.3) is 10.6 Å². The fourth-order valence-electron chi connectivity index (χ4n) is 5.28. The highest BCUT2D eigenvalue weighted by Crippen LogP contribution is 2.41. The summed E-state index contributed by atoms with van der Waals surface area (Å²) in [5, 5.41) is 10.2. The fourth-order valence-corrected chi connectivity index (χ4v) is 7.29. The van der Waals surface area contributed by atoms with Crippen molar-refractivity contribution in [3.63, 3.8) is 0 Å². The highest BCUT2D eigenvalue weighted by molar-refractivity contribution is 8.01. The number of thioether (sulfide) groups is 1. The zero-order valence-corrected chi connectivity index (χ0v) is 30.5. The number of thiazole rings is 1. The molecule has 2 amide bonds. The van der Waals surface area contributed by atoms with Crippen LogP contribution in [0.15, 0.2) is 41.3 Å². The van der Waals surface area contributed by atoms with Gasteiger partial charge in [-0.15, -0.1) is 23.1 Å². The summed E-state index contributed by atoms with van der Waals surface area (Å²) in [7, 11) is 3.36. The molecule has 4 rings (SSSR count). The van der Waals surface area contributed by atoms with Crippen molar-refractivity contribution in [1.29, 1.82) is 0 Å². The number of carbonyl (C=O) groups is 2. The Kier molecular flexibility index (Phi) is 12.9. The molecule has 0 radical (unpaired) electrons. The number of unbranched alkanes of at least 4 members (excludes halogenated alkanes) is 2. The number of urea groups is 1. The second-order valence-electron chi connectivity index (χ2n) is 12.6. The molecule has 1 aliphatic rings. The molecule has 1 N–H and O–H groups in total. The summed E-state index contributed by atoms with van der Waals surface area (Å²) in [5.74, 6) is -0.00705. The largest absolute Gasteiger partial charge is 0.493 e. The average Bonchev–Trinajstić information content (AvgIpc) is 3.46. The van der Waals surface area contributed by atoms with E-state index in [9.17, 15) is 27.9 Å². The second-order valence-corrected chi connectivity index (χ2v) is 15.4. The van der Waals surface area contributed by atoms with Gasteiger partial charge in [-0.1, -0.05) is 31.9 Å². The third-order valence-corrected chi connectivity index (χ3v) is 10.8. The van der Waals surface area contributed by atoms with E-state index in [4.69, 9.17) is 14.5 Å². The van der Waals surface area contributed by atoms with Crippen LogP contribution in [0, 0.1) is 6.92 Å². The van der Waals surface area contributed by atoms with E-state index >= 15 is 0 Å². The Morgan fingerprint density at radius 1 is 1.06 bits per heavy atom. The van der Waals surface area contributed by atoms with Crippen LogP contribution >= 0.6 is 23.1 Å². The van der Waals surface area contributed by atoms with E-state index in [0.29, 0.717) is 54.8 Å². The van der Waals surface area contributed by atoms with Crippen molar-refractivity contribution in [1.82, 2.24) is 19.7 Å². The van der Waals surface area contributed by atoms with Gasteiger partial charge < -0.3 is 24.4 Å². The lowest BCUT2D eigenvalue weighted by atomic mass is 10.1. The first-order valence-electron chi connectivity index (χ1n) is 16.2. The molecule has 14 heteroatoms. The van der Waals surface area contributed by atoms with Gasteiger partial charge >= 0.3 is 18.2 Å². The van der Waals surface area contributed by atoms with E-state index in [-0.39, 0.29) is 12.6 Å². The van der Waals surface area contributed by atoms with Crippen LogP contribution in [-0.4, -0.2) is 88.4 Å². The first-order chi connectivity index (χ1) is 23.1. The minimum atomic E-state index is -4.44. The molecule has 1 aromatic heterocycles. The number of benzene rings is 2. The molecular formula is C35H45F3N4O5S2. The number of amides is 2. The molecule has 2 heterocycles. The van der Waals surface area contributed by atoms with Crippen molar-refractivity contribution >= 4 is 35.1 Å². The van der Waals surface area contributed by atoms with Crippen LogP contribution in [-0.2, 0) is 24.1 Å². The van der Waals surface area contributed by atoms with Gasteiger partial charge in [0.25, 0.3) is 0 Å². The number of ether oxygens (including phenoxy) is 2. The van der Waals surface area contributed by atoms with Crippen molar-refractivity contribution in [2.45, 2.75) is 75.9 Å². The quantitative estimate of drug-likeness (QED) is 0.132. The molecule has 1 fully saturated rings. The molecule has 0 aliphatic carbocycles. The molecule has 0 saturated carbocycles. The monoisotopic (exact) mass is 722 g/mol. The average molecular weight is 723 g/mol. The predicted octanol–water partition coefficient (Wildman–Crippen LogP) is 8.04. The number of hydrogen-bond donors (Lipinski definition) is 1. The van der Waals surface area contributed by atoms with Gasteiger partial charge in [-0.2, -0.15) is 13.2 Å². The maximum absolute atomic E-state index is 13.2. The molecule has 49 heavy (non-hydrogen) atoms. The van der Waals surface area contributed by atoms with Crippen LogP contribution in [0.3, 0.4) is 0 Å². The lowest BCUT2D eigenvalue weighted by molar-refractivity contribution is -0.139. The van der Waals surface area contributed by atoms with Gasteiger partial charge in [0, 0.05) is 56.8 Å². The maximum Gasteiger partial charge on any atom is 0.416 e. The maximum atomic E-state index is 13.2. The molecule has 2 aromatic carbocycles. The Hall–Kier alpha value is -3.49. The van der Waals surface area contributed by atoms with Crippen LogP contribution in [0.2, 0.25) is 0 Å². The van der Waals surface area contributed by atoms with Crippen molar-refractivity contribution in [3.05, 3.63) is 58.1 Å². The van der Waals surface area contributed by atoms with Gasteiger partial charge in [0.1, 0.15) is 16.4 Å². The standard InChI is InChI=1S/C35H45F3N4O5S2/c1-7-8-9-14-40(5)33(45)42-17-15-41(16-18-42)21-26-30(48-31(39-26)24-10-12-25(13-11-24)35(36,37)38)22-47-28-19-23(2)29(20-27(28)46-6)49-34(3,4)32(43)44/h10-13,19-20H,7-9,14-18,21-22H2,1-6H3,(H,43,44). The van der Waals surface area contributed by atoms with Crippen LogP contribution < -0.4 is 9.47 Å². The highest BCUT2D eigenvalue weighted by Gasteiger charge is 2.31. The molecule has 1 saturated heterocycles. The van der Waals surface area contributed by atoms with E-state index in [1.807, 2.05) is 24.9 Å². The summed E-state index contributed by atoms with van der Waals surface area (Å²) in [5.41, 5.74) is 1.43. The summed E-state index contributed by atoms with van der Waals surface area (Å²) in [6.07, 6.45) is -1.28. The Bertz CT molecular complexity index is 1590. The first-order valence-corrected chi connectivity index (χ1v) is 17.9. The number of alkyl halides is 3. The normalized spacial score (nSPS) is 14.2. The van der Waals surface area contributed by atoms with Crippen LogP contribution in [0.5, 0.6) is 11.5 Å². The number of halogens is 3. The number of aromatic nitrogens is 1. The fraction of sp³-hybridized carbons (Fsp3) is 0.514. The third-order valence-electron chi connectivity index (χ3n) is 8.38. The van der Waals surface area contributed by atoms with E-state index in [1.54, 1.807) is 24.8 Å². The van der Waals surface area contributed by atoms with Gasteiger partial charge in [-0.05, 0) is 57.0 Å². The molecule has 1 aliphatic heterocycles. The molecule has 0 bridgehead atoms. The SMILES string of the molecule is CCCCCN(C)C(=O)N1CCN(Cc2nc(-c3ccc(C(F)(F)F)cc3)sc2COc2cc(C)c(SC(C)(C)C(=O)O)cc2OC)CC1. The first kappa shape index (κ1) is 38.3. The Morgan fingerprint density at radius 2 is 1.73 bits per heavy atom. The van der Waals surface area contributed by atoms with Crippen molar-refractivity contribution in [2.24, 2.45) is 0 Å². The Labute approximate surface area is 294 Å². The van der Waals surface area contributed by atoms with Crippen molar-refractivity contribution in [2.75, 3.05) is 46.9 Å². The second kappa shape index (κ2) is 16.5. The molecule has 3 aromatic rings. The topological polar surface area (TPSA) is 95.4 Å². The van der Waals surface area contributed by atoms with Gasteiger partial charge in [0.15, 0.2) is 11.5 Å². The van der Waals surface area contributed by atoms with Crippen LogP contribution in [0.4, 0.5) is 18.0 Å². The van der Waals surface area contributed by atoms with Gasteiger partial charge in [0.05, 0.1) is 23.2 Å². The minimum absolute atomic E-state index is 0.0308. The lowest BCUT2D eigenvalue weighted by Crippen LogP contribution is -2.52. The number of carbonyl (C=O) groups excluding carboxylic acids is 1. The number of nitrogens with zero attached hydrogens (tertiary/aromatic N) is 4. The molecule has 268 valence electrons. The van der Waals surface area contributed by atoms with Crippen LogP contribution in [0.1, 0.15) is 61.7 Å². The zero-order valence-electron chi connectivity index (χ0n) is 28.9. The highest BCUT2D eigenvalue weighted by atomic mass is 32.2. The van der Waals surface area contributed by atoms with E-state index in [2.05, 4.69) is 11.8 Å². The number of piperazine rings is 1. The molecule has 0 unspecified atom stereocenters. The van der Waals surface area contributed by atoms with E-state index in [0.717, 1.165) is 59.0 Å². The molecule has 9 nitrogen and oxygen atoms in total. The predicted molar refractivity (Wildman–Crippen MR) is 187 cm³/mol. The van der Waals surface area contributed by atoms with Gasteiger partial charge in [0.2, 0.25) is 0 Å². The van der Waals surface area contributed by atoms with E-state index in [1.165, 1.54) is 42.3 Å². The summed E-state index contributed by atoms with van der Waals surface area (Å²) in [4.78, 5) is 37.0. The third kappa shape index (κ3) is 10.0.